The lowest BCUT2D eigenvalue weighted by molar-refractivity contribution is -0.992. The van der Waals surface area contributed by atoms with Crippen molar-refractivity contribution in [3.05, 3.63) is 57.5 Å². The second kappa shape index (κ2) is 5.59. The highest BCUT2D eigenvalue weighted by molar-refractivity contribution is 5.91. The summed E-state index contributed by atoms with van der Waals surface area (Å²) in [6, 6.07) is 6.39. The van der Waals surface area contributed by atoms with E-state index in [0.717, 1.165) is 12.1 Å². The first-order valence-electron chi connectivity index (χ1n) is 7.84. The van der Waals surface area contributed by atoms with Crippen LogP contribution in [0.25, 0.3) is 0 Å². The maximum absolute atomic E-state index is 12.5. The normalized spacial score (nSPS) is 23.7. The molecule has 8 heteroatoms. The van der Waals surface area contributed by atoms with E-state index in [1.165, 1.54) is 12.3 Å². The van der Waals surface area contributed by atoms with Crippen LogP contribution < -0.4 is 10.8 Å². The molecule has 0 aliphatic carbocycles. The van der Waals surface area contributed by atoms with Crippen molar-refractivity contribution in [1.82, 2.24) is 9.47 Å². The zero-order valence-corrected chi connectivity index (χ0v) is 12.8. The molecule has 3 atom stereocenters. The number of hydrogen-bond donors (Lipinski definition) is 2. The number of likely N-dealkylation sites (tertiary alicyclic amines) is 1. The maximum atomic E-state index is 12.5. The number of quaternary nitrogens is 1. The molecule has 2 aliphatic rings. The Kier molecular flexibility index (Phi) is 3.52. The van der Waals surface area contributed by atoms with Gasteiger partial charge < -0.3 is 19.1 Å². The third-order valence-corrected chi connectivity index (χ3v) is 4.85. The van der Waals surface area contributed by atoms with Crippen LogP contribution in [-0.2, 0) is 6.54 Å². The first-order valence-corrected chi connectivity index (χ1v) is 7.84. The number of pyridine rings is 1. The molecule has 4 rings (SSSR count). The molecule has 2 aliphatic heterocycles. The van der Waals surface area contributed by atoms with Gasteiger partial charge in [0, 0.05) is 37.3 Å². The van der Waals surface area contributed by atoms with Crippen LogP contribution in [0.15, 0.2) is 39.7 Å². The molecule has 0 spiro atoms. The van der Waals surface area contributed by atoms with Crippen LogP contribution in [-0.4, -0.2) is 33.7 Å². The third kappa shape index (κ3) is 2.35. The summed E-state index contributed by atoms with van der Waals surface area (Å²) in [6.07, 6.45) is 2.37. The number of piperidine rings is 1. The zero-order chi connectivity index (χ0) is 16.8. The van der Waals surface area contributed by atoms with E-state index in [0.29, 0.717) is 25.4 Å². The van der Waals surface area contributed by atoms with Crippen LogP contribution in [0.5, 0.6) is 0 Å². The van der Waals surface area contributed by atoms with Crippen molar-refractivity contribution in [3.63, 3.8) is 0 Å². The molecule has 2 aromatic rings. The Morgan fingerprint density at radius 3 is 2.83 bits per heavy atom. The Balaban J connectivity index is 1.66. The summed E-state index contributed by atoms with van der Waals surface area (Å²) in [4.78, 5) is 26.6. The minimum Gasteiger partial charge on any atom is -0.595 e. The van der Waals surface area contributed by atoms with E-state index in [-0.39, 0.29) is 23.4 Å². The summed E-state index contributed by atoms with van der Waals surface area (Å²) in [5.74, 6) is 0.338. The second-order valence-electron chi connectivity index (χ2n) is 6.38. The van der Waals surface area contributed by atoms with E-state index in [1.54, 1.807) is 27.7 Å². The Bertz CT molecular complexity index is 827. The number of rotatable bonds is 2. The molecule has 126 valence electrons. The van der Waals surface area contributed by atoms with Gasteiger partial charge in [0.05, 0.1) is 6.26 Å². The van der Waals surface area contributed by atoms with E-state index in [1.807, 2.05) is 0 Å². The topological polar surface area (TPSA) is 103 Å². The summed E-state index contributed by atoms with van der Waals surface area (Å²) in [7, 11) is 0. The van der Waals surface area contributed by atoms with Gasteiger partial charge >= 0.3 is 5.56 Å². The smallest absolute Gasteiger partial charge is 0.315 e. The summed E-state index contributed by atoms with van der Waals surface area (Å²) >= 11 is 0. The van der Waals surface area contributed by atoms with Crippen LogP contribution >= 0.6 is 0 Å². The Morgan fingerprint density at radius 1 is 1.29 bits per heavy atom. The molecular formula is C16H17N3O5. The van der Waals surface area contributed by atoms with Gasteiger partial charge in [-0.1, -0.05) is 0 Å². The molecule has 8 nitrogen and oxygen atoms in total. The number of carbonyl (C=O) groups is 1. The standard InChI is InChI=1S/C16H17N3O5/c20-15-13(19(22)23)4-3-12-11-6-10(8-18(12)15)7-17(9-11)16(21)14-2-1-5-24-14/h1-5,10-11,19,22H,6-9H2/t10-,11+/m0/s1. The molecule has 0 radical (unpaired) electrons. The Hall–Kier alpha value is -2.42. The minimum absolute atomic E-state index is 0.0342. The van der Waals surface area contributed by atoms with E-state index in [9.17, 15) is 14.8 Å². The van der Waals surface area contributed by atoms with E-state index >= 15 is 0 Å². The van der Waals surface area contributed by atoms with Gasteiger partial charge in [0.2, 0.25) is 5.69 Å². The number of nitrogens with one attached hydrogen (secondary N) is 1. The van der Waals surface area contributed by atoms with Gasteiger partial charge in [-0.05, 0) is 30.5 Å². The molecule has 1 unspecified atom stereocenters. The average molecular weight is 331 g/mol. The fourth-order valence-electron chi connectivity index (χ4n) is 3.83. The monoisotopic (exact) mass is 331 g/mol. The largest absolute Gasteiger partial charge is 0.595 e. The van der Waals surface area contributed by atoms with E-state index in [4.69, 9.17) is 9.62 Å². The number of aromatic nitrogens is 1. The molecule has 1 amide bonds. The first-order chi connectivity index (χ1) is 11.5. The van der Waals surface area contributed by atoms with Crippen molar-refractivity contribution in [1.29, 1.82) is 0 Å². The molecule has 2 bridgehead atoms. The first kappa shape index (κ1) is 15.1. The van der Waals surface area contributed by atoms with Crippen LogP contribution in [0.2, 0.25) is 0 Å². The summed E-state index contributed by atoms with van der Waals surface area (Å²) < 4.78 is 6.76. The lowest BCUT2D eigenvalue weighted by Gasteiger charge is -2.42. The van der Waals surface area contributed by atoms with Gasteiger partial charge in [0.25, 0.3) is 5.91 Å². The van der Waals surface area contributed by atoms with Crippen molar-refractivity contribution in [2.75, 3.05) is 13.1 Å². The fourth-order valence-corrected chi connectivity index (χ4v) is 3.83. The average Bonchev–Trinajstić information content (AvgIpc) is 3.09. The highest BCUT2D eigenvalue weighted by Gasteiger charge is 2.37. The number of hydrogen-bond acceptors (Lipinski definition) is 5. The van der Waals surface area contributed by atoms with Gasteiger partial charge in [-0.3, -0.25) is 9.59 Å². The number of fused-ring (bicyclic) bond motifs is 4. The van der Waals surface area contributed by atoms with Crippen LogP contribution in [0.1, 0.15) is 28.6 Å². The number of amides is 1. The number of carbonyl (C=O) groups excluding carboxylic acids is 1. The number of nitrogens with zero attached hydrogens (tertiary/aromatic N) is 2. The predicted molar refractivity (Wildman–Crippen MR) is 81.9 cm³/mol. The lowest BCUT2D eigenvalue weighted by atomic mass is 9.83. The zero-order valence-electron chi connectivity index (χ0n) is 12.8. The molecule has 1 saturated heterocycles. The van der Waals surface area contributed by atoms with Gasteiger partial charge in [-0.25, -0.2) is 5.21 Å². The third-order valence-electron chi connectivity index (χ3n) is 4.85. The van der Waals surface area contributed by atoms with Crippen LogP contribution in [0.4, 0.5) is 5.69 Å². The minimum atomic E-state index is -1.21. The quantitative estimate of drug-likeness (QED) is 0.760. The van der Waals surface area contributed by atoms with Gasteiger partial charge in [-0.2, -0.15) is 5.23 Å². The highest BCUT2D eigenvalue weighted by Crippen LogP contribution is 2.35. The molecule has 2 aromatic heterocycles. The SMILES string of the molecule is O=C(c1ccco1)N1C[C@@H]2C[C@H](C1)c1ccc([NH+]([O-])O)c(=O)n1C2. The molecule has 0 saturated carbocycles. The molecule has 1 fully saturated rings. The van der Waals surface area contributed by atoms with Crippen LogP contribution in [0.3, 0.4) is 0 Å². The van der Waals surface area contributed by atoms with Crippen molar-refractivity contribution >= 4 is 11.6 Å². The molecule has 0 aromatic carbocycles. The van der Waals surface area contributed by atoms with Crippen molar-refractivity contribution in [2.24, 2.45) is 5.92 Å². The van der Waals surface area contributed by atoms with Gasteiger partial charge in [0.15, 0.2) is 5.76 Å². The van der Waals surface area contributed by atoms with Gasteiger partial charge in [0.1, 0.15) is 0 Å². The highest BCUT2D eigenvalue weighted by atomic mass is 16.8. The molecule has 24 heavy (non-hydrogen) atoms. The fraction of sp³-hybridized carbons (Fsp3) is 0.375. The Labute approximate surface area is 137 Å². The van der Waals surface area contributed by atoms with E-state index < -0.39 is 10.8 Å². The maximum Gasteiger partial charge on any atom is 0.315 e. The summed E-state index contributed by atoms with van der Waals surface area (Å²) in [5.41, 5.74) is 0.140. The number of furan rings is 1. The van der Waals surface area contributed by atoms with Crippen molar-refractivity contribution in [2.45, 2.75) is 18.9 Å². The second-order valence-corrected chi connectivity index (χ2v) is 6.38. The Morgan fingerprint density at radius 2 is 2.12 bits per heavy atom. The lowest BCUT2D eigenvalue weighted by Crippen LogP contribution is -3.00. The molecule has 4 heterocycles. The van der Waals surface area contributed by atoms with Crippen molar-refractivity contribution < 1.29 is 19.6 Å². The van der Waals surface area contributed by atoms with Gasteiger partial charge in [-0.15, -0.1) is 0 Å². The van der Waals surface area contributed by atoms with Crippen molar-refractivity contribution in [3.8, 4) is 0 Å². The predicted octanol–water partition coefficient (Wildman–Crippen LogP) is 0.104. The molecular weight excluding hydrogens is 314 g/mol. The molecule has 2 N–H and O–H groups in total. The van der Waals surface area contributed by atoms with E-state index in [2.05, 4.69) is 0 Å². The summed E-state index contributed by atoms with van der Waals surface area (Å²) in [6.45, 7) is 1.48. The summed E-state index contributed by atoms with van der Waals surface area (Å²) in [5, 5.41) is 19.1. The van der Waals surface area contributed by atoms with Crippen LogP contribution in [0, 0.1) is 11.1 Å².